The molecule has 0 spiro atoms. The standard InChI is InChI=1S/C20H18ClN5OS3/c1-25-8-7-13-15(9-25)30-18-16(13)17-23-24-20(26(17)19(22-18)28-2)29-10-14(27)11-3-5-12(21)6-4-11/h3-6H,7-10H2,1-2H3. The van der Waals surface area contributed by atoms with Crippen molar-refractivity contribution in [3.63, 3.8) is 0 Å². The van der Waals surface area contributed by atoms with E-state index in [0.29, 0.717) is 15.7 Å². The van der Waals surface area contributed by atoms with Crippen LogP contribution in [0.2, 0.25) is 5.02 Å². The second kappa shape index (κ2) is 8.12. The number of ketones is 1. The molecule has 0 aliphatic carbocycles. The quantitative estimate of drug-likeness (QED) is 0.236. The molecule has 10 heteroatoms. The van der Waals surface area contributed by atoms with Crippen LogP contribution in [0.15, 0.2) is 34.6 Å². The number of carbonyl (C=O) groups excluding carboxylic acids is 1. The van der Waals surface area contributed by atoms with Gasteiger partial charge in [-0.1, -0.05) is 35.1 Å². The highest BCUT2D eigenvalue weighted by Crippen LogP contribution is 2.38. The van der Waals surface area contributed by atoms with Crippen molar-refractivity contribution in [2.24, 2.45) is 0 Å². The van der Waals surface area contributed by atoms with Crippen molar-refractivity contribution < 1.29 is 4.79 Å². The Hall–Kier alpha value is -1.65. The van der Waals surface area contributed by atoms with Gasteiger partial charge in [-0.15, -0.1) is 21.5 Å². The lowest BCUT2D eigenvalue weighted by Gasteiger charge is -2.21. The van der Waals surface area contributed by atoms with Crippen LogP contribution in [0.4, 0.5) is 0 Å². The summed E-state index contributed by atoms with van der Waals surface area (Å²) >= 11 is 10.6. The van der Waals surface area contributed by atoms with Gasteiger partial charge < -0.3 is 4.90 Å². The second-order valence-electron chi connectivity index (χ2n) is 7.13. The summed E-state index contributed by atoms with van der Waals surface area (Å²) in [7, 11) is 2.15. The number of hydrogen-bond acceptors (Lipinski definition) is 8. The molecule has 1 aromatic carbocycles. The van der Waals surface area contributed by atoms with Crippen LogP contribution in [0.3, 0.4) is 0 Å². The van der Waals surface area contributed by atoms with Crippen molar-refractivity contribution in [1.29, 1.82) is 0 Å². The van der Waals surface area contributed by atoms with Crippen LogP contribution in [0.25, 0.3) is 15.9 Å². The normalized spacial score (nSPS) is 14.5. The van der Waals surface area contributed by atoms with E-state index >= 15 is 0 Å². The number of Topliss-reactive ketones (excluding diaryl/α,β-unsaturated/α-hetero) is 1. The highest BCUT2D eigenvalue weighted by Gasteiger charge is 2.25. The van der Waals surface area contributed by atoms with Crippen molar-refractivity contribution >= 4 is 68.1 Å². The topological polar surface area (TPSA) is 63.4 Å². The number of hydrogen-bond donors (Lipinski definition) is 0. The van der Waals surface area contributed by atoms with Gasteiger partial charge in [-0.05, 0) is 49.6 Å². The summed E-state index contributed by atoms with van der Waals surface area (Å²) in [5.74, 6) is 0.310. The third-order valence-corrected chi connectivity index (χ3v) is 8.09. The Kier molecular flexibility index (Phi) is 5.49. The number of carbonyl (C=O) groups is 1. The first-order valence-electron chi connectivity index (χ1n) is 9.38. The molecule has 4 aromatic rings. The van der Waals surface area contributed by atoms with E-state index in [4.69, 9.17) is 16.6 Å². The first-order valence-corrected chi connectivity index (χ1v) is 12.8. The summed E-state index contributed by atoms with van der Waals surface area (Å²) in [5.41, 5.74) is 2.83. The van der Waals surface area contributed by atoms with Crippen LogP contribution in [0, 0.1) is 0 Å². The largest absolute Gasteiger partial charge is 0.301 e. The van der Waals surface area contributed by atoms with E-state index in [1.807, 2.05) is 10.7 Å². The smallest absolute Gasteiger partial charge is 0.198 e. The van der Waals surface area contributed by atoms with Gasteiger partial charge in [0.05, 0.1) is 11.1 Å². The average molecular weight is 476 g/mol. The molecular weight excluding hydrogens is 458 g/mol. The average Bonchev–Trinajstić information content (AvgIpc) is 3.32. The van der Waals surface area contributed by atoms with E-state index in [2.05, 4.69) is 22.1 Å². The van der Waals surface area contributed by atoms with Gasteiger partial charge >= 0.3 is 0 Å². The van der Waals surface area contributed by atoms with Crippen molar-refractivity contribution in [2.45, 2.75) is 23.3 Å². The fourth-order valence-corrected chi connectivity index (χ4v) is 6.55. The van der Waals surface area contributed by atoms with Crippen LogP contribution in [-0.4, -0.2) is 55.9 Å². The molecule has 0 radical (unpaired) electrons. The maximum absolute atomic E-state index is 12.6. The molecule has 5 rings (SSSR count). The number of thiophene rings is 1. The zero-order chi connectivity index (χ0) is 20.8. The number of aromatic nitrogens is 4. The molecule has 0 N–H and O–H groups in total. The van der Waals surface area contributed by atoms with Crippen LogP contribution in [0.5, 0.6) is 0 Å². The van der Waals surface area contributed by atoms with E-state index in [1.54, 1.807) is 47.4 Å². The summed E-state index contributed by atoms with van der Waals surface area (Å²) in [6.07, 6.45) is 2.99. The van der Waals surface area contributed by atoms with Crippen molar-refractivity contribution in [3.05, 3.63) is 45.3 Å². The first kappa shape index (κ1) is 20.3. The Morgan fingerprint density at radius 1 is 1.23 bits per heavy atom. The summed E-state index contributed by atoms with van der Waals surface area (Å²) in [4.78, 5) is 22.2. The zero-order valence-electron chi connectivity index (χ0n) is 16.4. The van der Waals surface area contributed by atoms with Crippen LogP contribution < -0.4 is 0 Å². The number of nitrogens with zero attached hydrogens (tertiary/aromatic N) is 5. The predicted octanol–water partition coefficient (Wildman–Crippen LogP) is 4.68. The van der Waals surface area contributed by atoms with E-state index in [-0.39, 0.29) is 11.5 Å². The SMILES string of the molecule is CSc1nc2sc3c(c2c2nnc(SCC(=O)c4ccc(Cl)cc4)n12)CCN(C)C3. The molecule has 3 aromatic heterocycles. The van der Waals surface area contributed by atoms with E-state index in [1.165, 1.54) is 22.2 Å². The third kappa shape index (κ3) is 3.52. The Bertz CT molecular complexity index is 1270. The number of halogens is 1. The minimum absolute atomic E-state index is 0.0316. The molecule has 0 atom stereocenters. The minimum Gasteiger partial charge on any atom is -0.301 e. The van der Waals surface area contributed by atoms with Crippen molar-refractivity contribution in [1.82, 2.24) is 24.5 Å². The number of benzene rings is 1. The Balaban J connectivity index is 1.52. The number of rotatable bonds is 5. The van der Waals surface area contributed by atoms with Crippen LogP contribution in [-0.2, 0) is 13.0 Å². The minimum atomic E-state index is 0.0316. The lowest BCUT2D eigenvalue weighted by Crippen LogP contribution is -2.25. The molecule has 0 unspecified atom stereocenters. The molecule has 0 amide bonds. The fraction of sp³-hybridized carbons (Fsp3) is 0.300. The molecule has 154 valence electrons. The lowest BCUT2D eigenvalue weighted by atomic mass is 10.1. The summed E-state index contributed by atoms with van der Waals surface area (Å²) < 4.78 is 2.00. The van der Waals surface area contributed by atoms with Crippen molar-refractivity contribution in [3.8, 4) is 0 Å². The summed E-state index contributed by atoms with van der Waals surface area (Å²) in [6.45, 7) is 1.98. The van der Waals surface area contributed by atoms with Gasteiger partial charge in [0.15, 0.2) is 21.7 Å². The third-order valence-electron chi connectivity index (χ3n) is 5.16. The van der Waals surface area contributed by atoms with E-state index in [9.17, 15) is 4.79 Å². The molecule has 0 fully saturated rings. The van der Waals surface area contributed by atoms with Gasteiger partial charge in [-0.3, -0.25) is 4.79 Å². The second-order valence-corrected chi connectivity index (χ2v) is 10.4. The van der Waals surface area contributed by atoms with Gasteiger partial charge in [0.1, 0.15) is 4.83 Å². The maximum Gasteiger partial charge on any atom is 0.198 e. The highest BCUT2D eigenvalue weighted by molar-refractivity contribution is 8.00. The highest BCUT2D eigenvalue weighted by atomic mass is 35.5. The molecular formula is C20H18ClN5OS3. The molecule has 1 aliphatic heterocycles. The van der Waals surface area contributed by atoms with E-state index < -0.39 is 0 Å². The number of thioether (sulfide) groups is 2. The number of fused-ring (bicyclic) bond motifs is 5. The number of likely N-dealkylation sites (N-methyl/N-ethyl adjacent to an activating group) is 1. The monoisotopic (exact) mass is 475 g/mol. The van der Waals surface area contributed by atoms with Gasteiger partial charge in [0.25, 0.3) is 0 Å². The molecule has 0 saturated heterocycles. The molecule has 30 heavy (non-hydrogen) atoms. The van der Waals surface area contributed by atoms with Crippen molar-refractivity contribution in [2.75, 3.05) is 25.6 Å². The van der Waals surface area contributed by atoms with Gasteiger partial charge in [0.2, 0.25) is 0 Å². The lowest BCUT2D eigenvalue weighted by molar-refractivity contribution is 0.102. The Morgan fingerprint density at radius 2 is 2.03 bits per heavy atom. The molecule has 0 saturated carbocycles. The molecule has 0 bridgehead atoms. The summed E-state index contributed by atoms with van der Waals surface area (Å²) in [5, 5.41) is 12.2. The first-order chi connectivity index (χ1) is 14.5. The van der Waals surface area contributed by atoms with Crippen LogP contribution in [0.1, 0.15) is 20.8 Å². The van der Waals surface area contributed by atoms with E-state index in [0.717, 1.165) is 40.5 Å². The molecule has 6 nitrogen and oxygen atoms in total. The Labute approximate surface area is 191 Å². The van der Waals surface area contributed by atoms with Gasteiger partial charge in [-0.2, -0.15) is 0 Å². The van der Waals surface area contributed by atoms with Gasteiger partial charge in [-0.25, -0.2) is 9.38 Å². The maximum atomic E-state index is 12.6. The Morgan fingerprint density at radius 3 is 2.80 bits per heavy atom. The zero-order valence-corrected chi connectivity index (χ0v) is 19.6. The fourth-order valence-electron chi connectivity index (χ4n) is 3.65. The van der Waals surface area contributed by atoms with Crippen LogP contribution >= 0.6 is 46.5 Å². The molecule has 4 heterocycles. The summed E-state index contributed by atoms with van der Waals surface area (Å²) in [6, 6.07) is 6.96. The van der Waals surface area contributed by atoms with Gasteiger partial charge in [0, 0.05) is 28.6 Å². The predicted molar refractivity (Wildman–Crippen MR) is 124 cm³/mol. The molecule has 1 aliphatic rings.